The van der Waals surface area contributed by atoms with Gasteiger partial charge in [-0.2, -0.15) is 0 Å². The lowest BCUT2D eigenvalue weighted by Crippen LogP contribution is -2.55. The third-order valence-electron chi connectivity index (χ3n) is 5.34. The Labute approximate surface area is 174 Å². The van der Waals surface area contributed by atoms with Gasteiger partial charge in [-0.15, -0.1) is 0 Å². The molecule has 31 heavy (non-hydrogen) atoms. The number of aromatic hydroxyl groups is 3. The number of aliphatic hydroxyl groups excluding tert-OH is 4. The van der Waals surface area contributed by atoms with Crippen molar-refractivity contribution in [2.45, 2.75) is 30.5 Å². The minimum atomic E-state index is -1.77. The van der Waals surface area contributed by atoms with Crippen LogP contribution in [0.1, 0.15) is 11.7 Å². The minimum absolute atomic E-state index is 0.0198. The van der Waals surface area contributed by atoms with Gasteiger partial charge < -0.3 is 44.9 Å². The van der Waals surface area contributed by atoms with Crippen molar-refractivity contribution in [2.75, 3.05) is 6.61 Å². The van der Waals surface area contributed by atoms with Crippen LogP contribution in [-0.2, 0) is 4.74 Å². The Hall–Kier alpha value is -3.15. The number of hydrogen-bond donors (Lipinski definition) is 7. The summed E-state index contributed by atoms with van der Waals surface area (Å²) in [6, 6.07) is 8.00. The summed E-state index contributed by atoms with van der Waals surface area (Å²) in [7, 11) is 0. The SMILES string of the molecule is O=c1cc(-c2ccc(O)cc2)oc2cc(O)c([C@@H]3O[C@@H](CO)[C@@H](O)[C@H](O)[C@@H]3O)c(O)c12. The maximum atomic E-state index is 12.7. The number of aliphatic hydroxyl groups is 4. The van der Waals surface area contributed by atoms with E-state index in [2.05, 4.69) is 0 Å². The Kier molecular flexibility index (Phi) is 5.33. The number of phenols is 3. The normalized spacial score (nSPS) is 26.3. The highest BCUT2D eigenvalue weighted by Crippen LogP contribution is 2.44. The standard InChI is InChI=1S/C21H20O10/c22-7-14-17(26)19(28)20(29)21(31-14)16-11(25)6-13-15(18(16)27)10(24)5-12(30-13)8-1-3-9(23)4-2-8/h1-6,14,17,19-23,25-29H,7H2/t14-,17+,19-,20-,21-/m0/s1. The molecule has 0 aliphatic carbocycles. The van der Waals surface area contributed by atoms with E-state index in [1.54, 1.807) is 0 Å². The van der Waals surface area contributed by atoms with E-state index in [0.29, 0.717) is 5.56 Å². The fourth-order valence-electron chi connectivity index (χ4n) is 3.69. The Morgan fingerprint density at radius 2 is 1.58 bits per heavy atom. The lowest BCUT2D eigenvalue weighted by molar-refractivity contribution is -0.232. The van der Waals surface area contributed by atoms with Crippen molar-refractivity contribution in [3.05, 3.63) is 52.2 Å². The Morgan fingerprint density at radius 1 is 0.903 bits per heavy atom. The summed E-state index contributed by atoms with van der Waals surface area (Å²) in [6.45, 7) is -0.700. The molecule has 7 N–H and O–H groups in total. The van der Waals surface area contributed by atoms with Crippen LogP contribution >= 0.6 is 0 Å². The molecule has 3 aromatic rings. The van der Waals surface area contributed by atoms with Crippen LogP contribution in [0.25, 0.3) is 22.3 Å². The van der Waals surface area contributed by atoms with Crippen LogP contribution in [0, 0.1) is 0 Å². The van der Waals surface area contributed by atoms with Gasteiger partial charge in [0.05, 0.1) is 12.2 Å². The average Bonchev–Trinajstić information content (AvgIpc) is 2.73. The first kappa shape index (κ1) is 21.1. The fraction of sp³-hybridized carbons (Fsp3) is 0.286. The number of fused-ring (bicyclic) bond motifs is 1. The van der Waals surface area contributed by atoms with E-state index in [-0.39, 0.29) is 22.5 Å². The van der Waals surface area contributed by atoms with Crippen LogP contribution in [0.2, 0.25) is 0 Å². The van der Waals surface area contributed by atoms with Gasteiger partial charge in [0, 0.05) is 17.7 Å². The van der Waals surface area contributed by atoms with Crippen LogP contribution < -0.4 is 5.43 Å². The molecule has 4 rings (SSSR count). The zero-order valence-corrected chi connectivity index (χ0v) is 15.9. The molecule has 0 amide bonds. The highest BCUT2D eigenvalue weighted by molar-refractivity contribution is 5.88. The summed E-state index contributed by atoms with van der Waals surface area (Å²) in [5.41, 5.74) is -0.741. The van der Waals surface area contributed by atoms with Crippen molar-refractivity contribution >= 4 is 11.0 Å². The second-order valence-corrected chi connectivity index (χ2v) is 7.30. The van der Waals surface area contributed by atoms with Gasteiger partial charge in [0.25, 0.3) is 0 Å². The van der Waals surface area contributed by atoms with Crippen molar-refractivity contribution < 1.29 is 44.9 Å². The van der Waals surface area contributed by atoms with Gasteiger partial charge in [0.1, 0.15) is 64.5 Å². The molecule has 0 bridgehead atoms. The van der Waals surface area contributed by atoms with Crippen LogP contribution in [0.3, 0.4) is 0 Å². The van der Waals surface area contributed by atoms with Gasteiger partial charge in [-0.3, -0.25) is 4.79 Å². The van der Waals surface area contributed by atoms with Gasteiger partial charge in [-0.05, 0) is 24.3 Å². The zero-order valence-electron chi connectivity index (χ0n) is 15.9. The molecule has 0 radical (unpaired) electrons. The summed E-state index contributed by atoms with van der Waals surface area (Å²) < 4.78 is 11.0. The van der Waals surface area contributed by atoms with E-state index in [9.17, 15) is 40.5 Å². The molecule has 5 atom stereocenters. The number of rotatable bonds is 3. The van der Waals surface area contributed by atoms with Gasteiger partial charge in [0.15, 0.2) is 5.43 Å². The zero-order chi connectivity index (χ0) is 22.4. The summed E-state index contributed by atoms with van der Waals surface area (Å²) in [4.78, 5) is 12.7. The van der Waals surface area contributed by atoms with Crippen LogP contribution in [0.15, 0.2) is 45.6 Å². The number of phenolic OH excluding ortho intramolecular Hbond substituents is 3. The maximum absolute atomic E-state index is 12.7. The van der Waals surface area contributed by atoms with E-state index < -0.39 is 59.6 Å². The Balaban J connectivity index is 1.85. The molecular formula is C21H20O10. The van der Waals surface area contributed by atoms with Gasteiger partial charge in [-0.1, -0.05) is 0 Å². The highest BCUT2D eigenvalue weighted by atomic mass is 16.5. The largest absolute Gasteiger partial charge is 0.508 e. The predicted octanol–water partition coefficient (Wildman–Crippen LogP) is 0.0917. The van der Waals surface area contributed by atoms with Gasteiger partial charge in [-0.25, -0.2) is 0 Å². The molecule has 10 nitrogen and oxygen atoms in total. The molecule has 0 spiro atoms. The first-order valence-electron chi connectivity index (χ1n) is 9.35. The highest BCUT2D eigenvalue weighted by Gasteiger charge is 2.46. The van der Waals surface area contributed by atoms with Crippen molar-refractivity contribution in [3.8, 4) is 28.6 Å². The molecule has 1 fully saturated rings. The first-order valence-corrected chi connectivity index (χ1v) is 9.35. The van der Waals surface area contributed by atoms with E-state index in [0.717, 1.165) is 12.1 Å². The molecule has 1 aliphatic rings. The molecular weight excluding hydrogens is 412 g/mol. The molecule has 10 heteroatoms. The summed E-state index contributed by atoms with van der Waals surface area (Å²) in [5, 5.41) is 70.0. The van der Waals surface area contributed by atoms with Crippen molar-refractivity contribution in [3.63, 3.8) is 0 Å². The van der Waals surface area contributed by atoms with E-state index in [1.807, 2.05) is 0 Å². The van der Waals surface area contributed by atoms with E-state index in [1.165, 1.54) is 24.3 Å². The molecule has 0 saturated carbocycles. The first-order chi connectivity index (χ1) is 14.7. The van der Waals surface area contributed by atoms with Crippen molar-refractivity contribution in [1.29, 1.82) is 0 Å². The Bertz CT molecular complexity index is 1170. The predicted molar refractivity (Wildman–Crippen MR) is 106 cm³/mol. The van der Waals surface area contributed by atoms with Crippen LogP contribution in [0.4, 0.5) is 0 Å². The minimum Gasteiger partial charge on any atom is -0.508 e. The van der Waals surface area contributed by atoms with E-state index >= 15 is 0 Å². The third kappa shape index (κ3) is 3.50. The fourth-order valence-corrected chi connectivity index (χ4v) is 3.69. The van der Waals surface area contributed by atoms with Crippen molar-refractivity contribution in [2.24, 2.45) is 0 Å². The van der Waals surface area contributed by atoms with Crippen LogP contribution in [0.5, 0.6) is 17.2 Å². The molecule has 1 aliphatic heterocycles. The van der Waals surface area contributed by atoms with Crippen molar-refractivity contribution in [1.82, 2.24) is 0 Å². The number of benzene rings is 2. The number of hydrogen-bond acceptors (Lipinski definition) is 10. The number of ether oxygens (including phenoxy) is 1. The lowest BCUT2D eigenvalue weighted by Gasteiger charge is -2.40. The molecule has 2 heterocycles. The second kappa shape index (κ2) is 7.84. The quantitative estimate of drug-likeness (QED) is 0.300. The van der Waals surface area contributed by atoms with E-state index in [4.69, 9.17) is 9.15 Å². The lowest BCUT2D eigenvalue weighted by atomic mass is 9.89. The smallest absolute Gasteiger partial charge is 0.197 e. The molecule has 0 unspecified atom stereocenters. The van der Waals surface area contributed by atoms with Gasteiger partial charge >= 0.3 is 0 Å². The Morgan fingerprint density at radius 3 is 2.23 bits per heavy atom. The summed E-state index contributed by atoms with van der Waals surface area (Å²) >= 11 is 0. The molecule has 1 saturated heterocycles. The molecule has 2 aromatic carbocycles. The molecule has 164 valence electrons. The topological polar surface area (TPSA) is 181 Å². The van der Waals surface area contributed by atoms with Crippen LogP contribution in [-0.4, -0.2) is 66.8 Å². The second-order valence-electron chi connectivity index (χ2n) is 7.30. The summed E-state index contributed by atoms with van der Waals surface area (Å²) in [5.74, 6) is -1.19. The average molecular weight is 432 g/mol. The maximum Gasteiger partial charge on any atom is 0.197 e. The van der Waals surface area contributed by atoms with Gasteiger partial charge in [0.2, 0.25) is 0 Å². The molecule has 1 aromatic heterocycles. The summed E-state index contributed by atoms with van der Waals surface area (Å²) in [6.07, 6.45) is -7.95. The third-order valence-corrected chi connectivity index (χ3v) is 5.34. The monoisotopic (exact) mass is 432 g/mol.